The average molecular weight is 174 g/mol. The zero-order chi connectivity index (χ0) is 8.10. The Morgan fingerprint density at radius 3 is 3.09 bits per heavy atom. The lowest BCUT2D eigenvalue weighted by atomic mass is 10.2. The number of nitrogens with zero attached hydrogens (tertiary/aromatic N) is 2. The number of halogens is 1. The minimum Gasteiger partial charge on any atom is -0.291 e. The Morgan fingerprint density at radius 1 is 1.73 bits per heavy atom. The molecule has 3 nitrogen and oxygen atoms in total. The summed E-state index contributed by atoms with van der Waals surface area (Å²) < 4.78 is 11.6. The number of alkyl halides is 1. The summed E-state index contributed by atoms with van der Waals surface area (Å²) >= 11 is 1.19. The van der Waals surface area contributed by atoms with Gasteiger partial charge in [0.15, 0.2) is 10.8 Å². The molecule has 0 amide bonds. The van der Waals surface area contributed by atoms with Crippen molar-refractivity contribution in [3.05, 3.63) is 10.5 Å². The highest BCUT2D eigenvalue weighted by Gasteiger charge is 2.07. The molecule has 5 heteroatoms. The number of ketones is 1. The third kappa shape index (κ3) is 2.34. The first kappa shape index (κ1) is 8.26. The molecular formula is C6H7FN2OS. The van der Waals surface area contributed by atoms with Gasteiger partial charge in [-0.15, -0.1) is 10.2 Å². The van der Waals surface area contributed by atoms with Crippen LogP contribution >= 0.6 is 11.3 Å². The summed E-state index contributed by atoms with van der Waals surface area (Å²) in [6, 6.07) is 0. The molecule has 1 heterocycles. The van der Waals surface area contributed by atoms with E-state index in [-0.39, 0.29) is 18.6 Å². The highest BCUT2D eigenvalue weighted by Crippen LogP contribution is 2.06. The van der Waals surface area contributed by atoms with Gasteiger partial charge >= 0.3 is 0 Å². The van der Waals surface area contributed by atoms with Crippen LogP contribution in [0.15, 0.2) is 5.51 Å². The van der Waals surface area contributed by atoms with Crippen LogP contribution in [0.3, 0.4) is 0 Å². The molecule has 0 unspecified atom stereocenters. The Bertz CT molecular complexity index is 224. The van der Waals surface area contributed by atoms with Gasteiger partial charge in [-0.1, -0.05) is 11.3 Å². The molecule has 0 aliphatic carbocycles. The standard InChI is InChI=1S/C6H7FN2OS/c7-3-1-2-5(10)6-9-8-4-11-6/h4H,1-3H2. The Hall–Kier alpha value is -0.840. The fourth-order valence-corrected chi connectivity index (χ4v) is 1.15. The molecule has 11 heavy (non-hydrogen) atoms. The summed E-state index contributed by atoms with van der Waals surface area (Å²) in [6.07, 6.45) is 0.504. The number of hydrogen-bond acceptors (Lipinski definition) is 4. The second kappa shape index (κ2) is 4.12. The molecule has 0 fully saturated rings. The summed E-state index contributed by atoms with van der Waals surface area (Å²) in [4.78, 5) is 11.0. The van der Waals surface area contributed by atoms with Crippen molar-refractivity contribution >= 4 is 17.1 Å². The average Bonchev–Trinajstić information content (AvgIpc) is 2.52. The quantitative estimate of drug-likeness (QED) is 0.649. The zero-order valence-electron chi connectivity index (χ0n) is 5.79. The Balaban J connectivity index is 2.43. The van der Waals surface area contributed by atoms with Crippen LogP contribution in [0.4, 0.5) is 4.39 Å². The van der Waals surface area contributed by atoms with Gasteiger partial charge in [0.2, 0.25) is 0 Å². The minimum absolute atomic E-state index is 0.120. The molecule has 0 atom stereocenters. The topological polar surface area (TPSA) is 42.9 Å². The summed E-state index contributed by atoms with van der Waals surface area (Å²) in [7, 11) is 0. The number of carbonyl (C=O) groups is 1. The Kier molecular flexibility index (Phi) is 3.10. The van der Waals surface area contributed by atoms with E-state index in [0.717, 1.165) is 0 Å². The van der Waals surface area contributed by atoms with E-state index in [0.29, 0.717) is 5.01 Å². The number of hydrogen-bond donors (Lipinski definition) is 0. The first-order chi connectivity index (χ1) is 5.34. The second-order valence-electron chi connectivity index (χ2n) is 1.96. The fraction of sp³-hybridized carbons (Fsp3) is 0.500. The van der Waals surface area contributed by atoms with Crippen LogP contribution in [0.25, 0.3) is 0 Å². The van der Waals surface area contributed by atoms with Crippen LogP contribution in [0.2, 0.25) is 0 Å². The van der Waals surface area contributed by atoms with E-state index in [1.165, 1.54) is 16.8 Å². The van der Waals surface area contributed by atoms with Crippen LogP contribution in [-0.4, -0.2) is 22.7 Å². The van der Waals surface area contributed by atoms with E-state index in [1.807, 2.05) is 0 Å². The molecular weight excluding hydrogens is 167 g/mol. The molecule has 0 aliphatic rings. The SMILES string of the molecule is O=C(CCCF)c1nncs1. The van der Waals surface area contributed by atoms with Gasteiger partial charge in [-0.05, 0) is 6.42 Å². The molecule has 0 aromatic carbocycles. The highest BCUT2D eigenvalue weighted by atomic mass is 32.1. The third-order valence-electron chi connectivity index (χ3n) is 1.14. The molecule has 0 saturated heterocycles. The lowest BCUT2D eigenvalue weighted by molar-refractivity contribution is 0.0976. The molecule has 0 N–H and O–H groups in total. The van der Waals surface area contributed by atoms with Gasteiger partial charge in [0.1, 0.15) is 5.51 Å². The normalized spacial score (nSPS) is 9.91. The molecule has 60 valence electrons. The maximum absolute atomic E-state index is 11.6. The minimum atomic E-state index is -0.454. The van der Waals surface area contributed by atoms with E-state index in [2.05, 4.69) is 10.2 Å². The van der Waals surface area contributed by atoms with E-state index in [1.54, 1.807) is 0 Å². The molecule has 1 aromatic heterocycles. The Morgan fingerprint density at radius 2 is 2.55 bits per heavy atom. The van der Waals surface area contributed by atoms with Crippen LogP contribution in [0.1, 0.15) is 22.6 Å². The number of rotatable bonds is 4. The van der Waals surface area contributed by atoms with Crippen molar-refractivity contribution < 1.29 is 9.18 Å². The van der Waals surface area contributed by atoms with Gasteiger partial charge in [0, 0.05) is 6.42 Å². The lowest BCUT2D eigenvalue weighted by Crippen LogP contribution is -1.98. The number of aromatic nitrogens is 2. The van der Waals surface area contributed by atoms with Crippen molar-refractivity contribution in [1.82, 2.24) is 10.2 Å². The van der Waals surface area contributed by atoms with Gasteiger partial charge < -0.3 is 0 Å². The summed E-state index contributed by atoms with van der Waals surface area (Å²) in [5.74, 6) is -0.120. The van der Waals surface area contributed by atoms with E-state index in [4.69, 9.17) is 0 Å². The predicted molar refractivity (Wildman–Crippen MR) is 39.4 cm³/mol. The number of carbonyl (C=O) groups excluding carboxylic acids is 1. The Labute approximate surface area is 67.3 Å². The molecule has 0 spiro atoms. The molecule has 0 bridgehead atoms. The summed E-state index contributed by atoms with van der Waals surface area (Å²) in [5.41, 5.74) is 1.49. The molecule has 0 saturated carbocycles. The van der Waals surface area contributed by atoms with Crippen molar-refractivity contribution in [2.45, 2.75) is 12.8 Å². The van der Waals surface area contributed by atoms with Crippen molar-refractivity contribution in [2.75, 3.05) is 6.67 Å². The number of Topliss-reactive ketones (excluding diaryl/α,β-unsaturated/α-hetero) is 1. The molecule has 1 rings (SSSR count). The molecule has 1 aromatic rings. The largest absolute Gasteiger partial charge is 0.291 e. The molecule has 0 radical (unpaired) electrons. The van der Waals surface area contributed by atoms with Crippen LogP contribution < -0.4 is 0 Å². The van der Waals surface area contributed by atoms with Crippen molar-refractivity contribution in [3.8, 4) is 0 Å². The van der Waals surface area contributed by atoms with Crippen molar-refractivity contribution in [2.24, 2.45) is 0 Å². The zero-order valence-corrected chi connectivity index (χ0v) is 6.60. The predicted octanol–water partition coefficient (Wildman–Crippen LogP) is 1.47. The van der Waals surface area contributed by atoms with Crippen LogP contribution in [-0.2, 0) is 0 Å². The van der Waals surface area contributed by atoms with E-state index >= 15 is 0 Å². The lowest BCUT2D eigenvalue weighted by Gasteiger charge is -1.90. The van der Waals surface area contributed by atoms with Gasteiger partial charge in [-0.2, -0.15) is 0 Å². The fourth-order valence-electron chi connectivity index (χ4n) is 0.629. The van der Waals surface area contributed by atoms with Gasteiger partial charge in [0.05, 0.1) is 6.67 Å². The first-order valence-electron chi connectivity index (χ1n) is 3.20. The van der Waals surface area contributed by atoms with Gasteiger partial charge in [-0.3, -0.25) is 9.18 Å². The van der Waals surface area contributed by atoms with Crippen LogP contribution in [0.5, 0.6) is 0 Å². The second-order valence-corrected chi connectivity index (χ2v) is 2.79. The maximum Gasteiger partial charge on any atom is 0.193 e. The van der Waals surface area contributed by atoms with Gasteiger partial charge in [-0.25, -0.2) is 0 Å². The van der Waals surface area contributed by atoms with Crippen LogP contribution in [0, 0.1) is 0 Å². The van der Waals surface area contributed by atoms with E-state index in [9.17, 15) is 9.18 Å². The maximum atomic E-state index is 11.6. The highest BCUT2D eigenvalue weighted by molar-refractivity contribution is 7.11. The summed E-state index contributed by atoms with van der Waals surface area (Å²) in [5, 5.41) is 7.44. The smallest absolute Gasteiger partial charge is 0.193 e. The third-order valence-corrected chi connectivity index (χ3v) is 1.87. The van der Waals surface area contributed by atoms with Gasteiger partial charge in [0.25, 0.3) is 0 Å². The monoisotopic (exact) mass is 174 g/mol. The first-order valence-corrected chi connectivity index (χ1v) is 4.08. The van der Waals surface area contributed by atoms with Crippen molar-refractivity contribution in [3.63, 3.8) is 0 Å². The van der Waals surface area contributed by atoms with Crippen molar-refractivity contribution in [1.29, 1.82) is 0 Å². The molecule has 0 aliphatic heterocycles. The van der Waals surface area contributed by atoms with E-state index < -0.39 is 6.67 Å². The summed E-state index contributed by atoms with van der Waals surface area (Å²) in [6.45, 7) is -0.454.